The lowest BCUT2D eigenvalue weighted by Crippen LogP contribution is -2.45. The van der Waals surface area contributed by atoms with Crippen molar-refractivity contribution in [3.8, 4) is 6.07 Å². The van der Waals surface area contributed by atoms with Crippen LogP contribution in [0, 0.1) is 29.9 Å². The Balaban J connectivity index is 1.70. The maximum absolute atomic E-state index is 14.0. The second-order valence-corrected chi connectivity index (χ2v) is 6.30. The number of aromatic nitrogens is 2. The van der Waals surface area contributed by atoms with E-state index in [-0.39, 0.29) is 30.0 Å². The van der Waals surface area contributed by atoms with Crippen LogP contribution in [0.4, 0.5) is 19.3 Å². The van der Waals surface area contributed by atoms with Gasteiger partial charge in [-0.25, -0.2) is 18.6 Å². The number of amides is 3. The molecule has 0 saturated carbocycles. The lowest BCUT2D eigenvalue weighted by Gasteiger charge is -2.29. The lowest BCUT2D eigenvalue weighted by atomic mass is 10.1. The maximum atomic E-state index is 14.0. The van der Waals surface area contributed by atoms with Crippen LogP contribution in [0.3, 0.4) is 0 Å². The number of anilines is 1. The molecule has 2 heterocycles. The summed E-state index contributed by atoms with van der Waals surface area (Å²) in [6.45, 7) is 2.75. The van der Waals surface area contributed by atoms with Gasteiger partial charge in [0.1, 0.15) is 12.6 Å². The number of hydrogen-bond acceptors (Lipinski definition) is 5. The van der Waals surface area contributed by atoms with Crippen LogP contribution in [0.1, 0.15) is 35.6 Å². The number of nitrogens with one attached hydrogen (secondary N) is 2. The minimum Gasteiger partial charge on any atom is -0.346 e. The topological polar surface area (TPSA) is 111 Å². The fourth-order valence-electron chi connectivity index (χ4n) is 2.91. The van der Waals surface area contributed by atoms with Gasteiger partial charge in [0.2, 0.25) is 5.91 Å². The highest BCUT2D eigenvalue weighted by Crippen LogP contribution is 2.27. The van der Waals surface area contributed by atoms with Crippen molar-refractivity contribution in [1.29, 1.82) is 5.26 Å². The van der Waals surface area contributed by atoms with E-state index in [1.54, 1.807) is 13.8 Å². The smallest absolute Gasteiger partial charge is 0.322 e. The third-order valence-electron chi connectivity index (χ3n) is 4.30. The van der Waals surface area contributed by atoms with Crippen molar-refractivity contribution in [2.24, 2.45) is 0 Å². The van der Waals surface area contributed by atoms with E-state index < -0.39 is 29.6 Å². The minimum atomic E-state index is -1.06. The quantitative estimate of drug-likeness (QED) is 0.837. The third-order valence-corrected chi connectivity index (χ3v) is 4.30. The van der Waals surface area contributed by atoms with Crippen molar-refractivity contribution in [1.82, 2.24) is 20.2 Å². The van der Waals surface area contributed by atoms with Crippen molar-refractivity contribution in [3.05, 3.63) is 52.6 Å². The van der Waals surface area contributed by atoms with Gasteiger partial charge in [0.15, 0.2) is 17.3 Å². The predicted molar refractivity (Wildman–Crippen MR) is 93.8 cm³/mol. The first-order valence-electron chi connectivity index (χ1n) is 8.36. The first kappa shape index (κ1) is 19.2. The number of urea groups is 1. The minimum absolute atomic E-state index is 0.0242. The lowest BCUT2D eigenvalue weighted by molar-refractivity contribution is -0.122. The normalized spacial score (nSPS) is 14.0. The molecule has 10 heteroatoms. The Morgan fingerprint density at radius 1 is 1.46 bits per heavy atom. The van der Waals surface area contributed by atoms with E-state index in [1.165, 1.54) is 12.3 Å². The SMILES string of the molecule is Cc1ncc(C#N)nc1[C@@H](C)NC(=O)CN1Cc2c(ccc(F)c2F)NC1=O. The van der Waals surface area contributed by atoms with E-state index in [0.717, 1.165) is 11.0 Å². The van der Waals surface area contributed by atoms with E-state index in [2.05, 4.69) is 20.6 Å². The Kier molecular flexibility index (Phi) is 5.17. The maximum Gasteiger partial charge on any atom is 0.322 e. The highest BCUT2D eigenvalue weighted by molar-refractivity contribution is 5.94. The summed E-state index contributed by atoms with van der Waals surface area (Å²) in [6, 6.07) is 2.92. The molecule has 0 spiro atoms. The van der Waals surface area contributed by atoms with Gasteiger partial charge in [-0.2, -0.15) is 5.26 Å². The van der Waals surface area contributed by atoms with Gasteiger partial charge in [0, 0.05) is 5.56 Å². The number of halogens is 2. The summed E-state index contributed by atoms with van der Waals surface area (Å²) in [4.78, 5) is 33.8. The Bertz CT molecular complexity index is 1000. The predicted octanol–water partition coefficient (Wildman–Crippen LogP) is 2.16. The van der Waals surface area contributed by atoms with Gasteiger partial charge >= 0.3 is 6.03 Å². The summed E-state index contributed by atoms with van der Waals surface area (Å²) in [5, 5.41) is 14.0. The second kappa shape index (κ2) is 7.56. The van der Waals surface area contributed by atoms with Crippen LogP contribution in [-0.2, 0) is 11.3 Å². The van der Waals surface area contributed by atoms with Crippen LogP contribution >= 0.6 is 0 Å². The molecule has 0 bridgehead atoms. The third kappa shape index (κ3) is 3.73. The number of rotatable bonds is 4. The van der Waals surface area contributed by atoms with Crippen molar-refractivity contribution in [2.75, 3.05) is 11.9 Å². The van der Waals surface area contributed by atoms with Gasteiger partial charge < -0.3 is 15.5 Å². The molecule has 3 amide bonds. The summed E-state index contributed by atoms with van der Waals surface area (Å²) in [6.07, 6.45) is 1.33. The number of fused-ring (bicyclic) bond motifs is 1. The first-order chi connectivity index (χ1) is 13.3. The van der Waals surface area contributed by atoms with Gasteiger partial charge in [-0.15, -0.1) is 0 Å². The highest BCUT2D eigenvalue weighted by Gasteiger charge is 2.28. The summed E-state index contributed by atoms with van der Waals surface area (Å²) in [7, 11) is 0. The molecule has 0 unspecified atom stereocenters. The number of aryl methyl sites for hydroxylation is 1. The molecule has 0 radical (unpaired) electrons. The molecular weight excluding hydrogens is 370 g/mol. The van der Waals surface area contributed by atoms with E-state index in [9.17, 15) is 18.4 Å². The van der Waals surface area contributed by atoms with Gasteiger partial charge in [0.05, 0.1) is 35.9 Å². The Labute approximate surface area is 159 Å². The zero-order valence-electron chi connectivity index (χ0n) is 15.1. The second-order valence-electron chi connectivity index (χ2n) is 6.30. The molecule has 0 fully saturated rings. The van der Waals surface area contributed by atoms with Crippen LogP contribution in [0.15, 0.2) is 18.3 Å². The fraction of sp³-hybridized carbons (Fsp3) is 0.278. The highest BCUT2D eigenvalue weighted by atomic mass is 19.2. The Hall–Kier alpha value is -3.61. The average molecular weight is 386 g/mol. The van der Waals surface area contributed by atoms with Crippen molar-refractivity contribution < 1.29 is 18.4 Å². The monoisotopic (exact) mass is 386 g/mol. The van der Waals surface area contributed by atoms with Crippen LogP contribution in [0.25, 0.3) is 0 Å². The fourth-order valence-corrected chi connectivity index (χ4v) is 2.91. The Morgan fingerprint density at radius 3 is 2.93 bits per heavy atom. The number of nitriles is 1. The molecule has 1 aliphatic heterocycles. The van der Waals surface area contributed by atoms with Crippen LogP contribution in [-0.4, -0.2) is 33.4 Å². The zero-order valence-corrected chi connectivity index (χ0v) is 15.1. The molecule has 1 aromatic carbocycles. The average Bonchev–Trinajstić information content (AvgIpc) is 2.66. The first-order valence-corrected chi connectivity index (χ1v) is 8.36. The molecule has 0 saturated heterocycles. The van der Waals surface area contributed by atoms with Gasteiger partial charge in [0.25, 0.3) is 0 Å². The van der Waals surface area contributed by atoms with Crippen molar-refractivity contribution in [2.45, 2.75) is 26.4 Å². The van der Waals surface area contributed by atoms with Crippen LogP contribution < -0.4 is 10.6 Å². The number of benzene rings is 1. The summed E-state index contributed by atoms with van der Waals surface area (Å²) >= 11 is 0. The number of carbonyl (C=O) groups excluding carboxylic acids is 2. The summed E-state index contributed by atoms with van der Waals surface area (Å²) in [5.74, 6) is -2.61. The number of carbonyl (C=O) groups is 2. The van der Waals surface area contributed by atoms with Crippen LogP contribution in [0.2, 0.25) is 0 Å². The summed E-state index contributed by atoms with van der Waals surface area (Å²) in [5.41, 5.74) is 1.24. The molecule has 1 aliphatic rings. The van der Waals surface area contributed by atoms with Crippen molar-refractivity contribution >= 4 is 17.6 Å². The van der Waals surface area contributed by atoms with E-state index in [4.69, 9.17) is 5.26 Å². The molecule has 0 aliphatic carbocycles. The van der Waals surface area contributed by atoms with E-state index in [0.29, 0.717) is 11.4 Å². The van der Waals surface area contributed by atoms with Gasteiger partial charge in [-0.3, -0.25) is 9.78 Å². The molecule has 1 atom stereocenters. The van der Waals surface area contributed by atoms with E-state index >= 15 is 0 Å². The number of hydrogen-bond donors (Lipinski definition) is 2. The van der Waals surface area contributed by atoms with Crippen LogP contribution in [0.5, 0.6) is 0 Å². The molecule has 3 rings (SSSR count). The Morgan fingerprint density at radius 2 is 2.21 bits per heavy atom. The molecule has 1 aromatic heterocycles. The largest absolute Gasteiger partial charge is 0.346 e. The van der Waals surface area contributed by atoms with Gasteiger partial charge in [-0.1, -0.05) is 0 Å². The molecular formula is C18H16F2N6O2. The standard InChI is InChI=1S/C18H16F2N6O2/c1-9-17(24-11(5-21)6-22-9)10(2)23-15(27)8-26-7-12-14(25-18(26)28)4-3-13(19)16(12)20/h3-4,6,10H,7-8H2,1-2H3,(H,23,27)(H,25,28)/t10-/m1/s1. The molecule has 2 N–H and O–H groups in total. The molecule has 144 valence electrons. The molecule has 8 nitrogen and oxygen atoms in total. The molecule has 28 heavy (non-hydrogen) atoms. The summed E-state index contributed by atoms with van der Waals surface area (Å²) < 4.78 is 27.4. The van der Waals surface area contributed by atoms with E-state index in [1.807, 2.05) is 6.07 Å². The van der Waals surface area contributed by atoms with Gasteiger partial charge in [-0.05, 0) is 26.0 Å². The zero-order chi connectivity index (χ0) is 20.4. The van der Waals surface area contributed by atoms with Crippen molar-refractivity contribution in [3.63, 3.8) is 0 Å². The molecule has 2 aromatic rings. The number of nitrogens with zero attached hydrogens (tertiary/aromatic N) is 4.